The minimum Gasteiger partial charge on any atom is -0.460 e. The molecule has 14 heteroatoms. The summed E-state index contributed by atoms with van der Waals surface area (Å²) in [7, 11) is 1.52. The van der Waals surface area contributed by atoms with Crippen molar-refractivity contribution in [1.82, 2.24) is 26.2 Å². The molecule has 1 rings (SSSR count). The number of rotatable bonds is 11. The molecule has 264 valence electrons. The van der Waals surface area contributed by atoms with Crippen LogP contribution < -0.4 is 27.0 Å². The lowest BCUT2D eigenvalue weighted by atomic mass is 9.94. The number of aliphatic hydroxyl groups excluding tert-OH is 1. The van der Waals surface area contributed by atoms with Crippen molar-refractivity contribution in [2.45, 2.75) is 130 Å². The normalized spacial score (nSPS) is 27.2. The molecule has 1 heterocycles. The van der Waals surface area contributed by atoms with Crippen molar-refractivity contribution in [2.75, 3.05) is 20.1 Å². The lowest BCUT2D eigenvalue weighted by Gasteiger charge is -2.34. The van der Waals surface area contributed by atoms with Gasteiger partial charge in [-0.15, -0.1) is 0 Å². The molecule has 0 radical (unpaired) electrons. The topological polar surface area (TPSA) is 209 Å². The molecule has 0 aromatic rings. The summed E-state index contributed by atoms with van der Waals surface area (Å²) in [6, 6.07) is -4.77. The minimum absolute atomic E-state index is 0.0127. The number of nitrogens with zero attached hydrogens (tertiary/aromatic N) is 1. The quantitative estimate of drug-likeness (QED) is 0.134. The lowest BCUT2D eigenvalue weighted by Crippen LogP contribution is -2.61. The second-order valence-electron chi connectivity index (χ2n) is 13.2. The Hall–Kier alpha value is -3.26. The minimum atomic E-state index is -1.48. The number of nitrogens with two attached hydrogens (primary N) is 1. The van der Waals surface area contributed by atoms with Crippen molar-refractivity contribution in [3.8, 4) is 0 Å². The smallest absolute Gasteiger partial charge is 0.325 e. The molecule has 0 aliphatic carbocycles. The van der Waals surface area contributed by atoms with Crippen LogP contribution in [0.4, 0.5) is 0 Å². The number of ether oxygens (including phenoxy) is 1. The second-order valence-corrected chi connectivity index (χ2v) is 13.2. The molecule has 7 atom stereocenters. The Labute approximate surface area is 273 Å². The standard InChI is InChI=1S/C32H58N6O8/c1-9-10-11-12-13-25-20(6)32(45)38(8)24(15-19(4)5)30(43)35-22(14-18(2)3)28(41)36-23(16-33)29(42)37-27(21(7)39)31(44)34-17-26(40)46-25/h18-25,27,39H,9-17,33H2,1-8H3,(H,34,44)(H,35,43)(H,36,41)(H,37,42)/t20-,21?,22+,23+,24+,25-,27+/m1/s1. The third kappa shape index (κ3) is 13.2. The molecule has 1 fully saturated rings. The Morgan fingerprint density at radius 1 is 0.848 bits per heavy atom. The molecule has 1 aliphatic heterocycles. The average Bonchev–Trinajstić information content (AvgIpc) is 2.98. The first-order chi connectivity index (χ1) is 21.5. The van der Waals surface area contributed by atoms with Crippen molar-refractivity contribution in [3.63, 3.8) is 0 Å². The third-order valence-corrected chi connectivity index (χ3v) is 8.06. The van der Waals surface area contributed by atoms with Gasteiger partial charge < -0.3 is 41.7 Å². The molecular weight excluding hydrogens is 596 g/mol. The Kier molecular flexibility index (Phi) is 17.8. The first kappa shape index (κ1) is 40.8. The van der Waals surface area contributed by atoms with Crippen molar-refractivity contribution in [3.05, 3.63) is 0 Å². The summed E-state index contributed by atoms with van der Waals surface area (Å²) in [6.07, 6.45) is 2.25. The number of unbranched alkanes of at least 4 members (excludes halogenated alkanes) is 3. The van der Waals surface area contributed by atoms with Crippen LogP contribution in [0.3, 0.4) is 0 Å². The molecule has 0 bridgehead atoms. The van der Waals surface area contributed by atoms with E-state index in [1.54, 1.807) is 6.92 Å². The number of likely N-dealkylation sites (N-methyl/N-ethyl adjacent to an activating group) is 1. The fourth-order valence-corrected chi connectivity index (χ4v) is 5.32. The van der Waals surface area contributed by atoms with Crippen LogP contribution in [0.1, 0.15) is 93.4 Å². The molecule has 14 nitrogen and oxygen atoms in total. The molecule has 0 aromatic carbocycles. The van der Waals surface area contributed by atoms with Gasteiger partial charge in [0, 0.05) is 13.6 Å². The zero-order valence-corrected chi connectivity index (χ0v) is 28.9. The van der Waals surface area contributed by atoms with Crippen LogP contribution in [-0.4, -0.2) is 102 Å². The average molecular weight is 655 g/mol. The Morgan fingerprint density at radius 3 is 1.98 bits per heavy atom. The van der Waals surface area contributed by atoms with Crippen LogP contribution in [-0.2, 0) is 33.5 Å². The van der Waals surface area contributed by atoms with Crippen LogP contribution in [0.2, 0.25) is 0 Å². The van der Waals surface area contributed by atoms with E-state index in [2.05, 4.69) is 28.2 Å². The van der Waals surface area contributed by atoms with Gasteiger partial charge >= 0.3 is 5.97 Å². The van der Waals surface area contributed by atoms with Gasteiger partial charge in [-0.25, -0.2) is 0 Å². The number of aliphatic hydroxyl groups is 1. The molecule has 1 unspecified atom stereocenters. The van der Waals surface area contributed by atoms with E-state index in [9.17, 15) is 33.9 Å². The van der Waals surface area contributed by atoms with E-state index in [0.29, 0.717) is 19.3 Å². The van der Waals surface area contributed by atoms with Gasteiger partial charge in [-0.3, -0.25) is 28.8 Å². The fraction of sp³-hybridized carbons (Fsp3) is 0.812. The molecule has 1 aliphatic rings. The van der Waals surface area contributed by atoms with Crippen molar-refractivity contribution in [1.29, 1.82) is 0 Å². The number of amides is 5. The van der Waals surface area contributed by atoms with Crippen molar-refractivity contribution in [2.24, 2.45) is 23.5 Å². The monoisotopic (exact) mass is 654 g/mol. The molecule has 7 N–H and O–H groups in total. The Morgan fingerprint density at radius 2 is 1.43 bits per heavy atom. The molecule has 0 spiro atoms. The highest BCUT2D eigenvalue weighted by Crippen LogP contribution is 2.22. The van der Waals surface area contributed by atoms with Gasteiger partial charge in [0.2, 0.25) is 29.5 Å². The number of nitrogens with one attached hydrogen (secondary N) is 4. The largest absolute Gasteiger partial charge is 0.460 e. The molecule has 46 heavy (non-hydrogen) atoms. The maximum atomic E-state index is 13.9. The van der Waals surface area contributed by atoms with Crippen LogP contribution in [0.15, 0.2) is 0 Å². The number of carbonyl (C=O) groups excluding carboxylic acids is 6. The van der Waals surface area contributed by atoms with E-state index in [0.717, 1.165) is 19.3 Å². The van der Waals surface area contributed by atoms with E-state index >= 15 is 0 Å². The van der Waals surface area contributed by atoms with Crippen molar-refractivity contribution >= 4 is 35.5 Å². The fourth-order valence-electron chi connectivity index (χ4n) is 5.32. The van der Waals surface area contributed by atoms with E-state index < -0.39 is 84.3 Å². The SMILES string of the molecule is CCCCCC[C@H]1OC(=O)CNC(=O)[C@H](C(C)O)NC(=O)[C@H](CN)NC(=O)[C@H](CC(C)C)NC(=O)[C@H](CC(C)C)N(C)C(=O)[C@@H]1C. The van der Waals surface area contributed by atoms with Gasteiger partial charge in [0.1, 0.15) is 36.8 Å². The molecular formula is C32H58N6O8. The zero-order chi connectivity index (χ0) is 35.1. The Balaban J connectivity index is 3.60. The molecule has 0 saturated carbocycles. The summed E-state index contributed by atoms with van der Waals surface area (Å²) in [4.78, 5) is 81.4. The molecule has 1 saturated heterocycles. The summed E-state index contributed by atoms with van der Waals surface area (Å²) in [5.41, 5.74) is 5.80. The maximum Gasteiger partial charge on any atom is 0.325 e. The summed E-state index contributed by atoms with van der Waals surface area (Å²) in [5, 5.41) is 20.4. The highest BCUT2D eigenvalue weighted by Gasteiger charge is 2.37. The van der Waals surface area contributed by atoms with Crippen molar-refractivity contribution < 1.29 is 38.6 Å². The third-order valence-electron chi connectivity index (χ3n) is 8.06. The predicted molar refractivity (Wildman–Crippen MR) is 173 cm³/mol. The first-order valence-corrected chi connectivity index (χ1v) is 16.6. The summed E-state index contributed by atoms with van der Waals surface area (Å²) >= 11 is 0. The van der Waals surface area contributed by atoms with E-state index in [4.69, 9.17) is 10.5 Å². The summed E-state index contributed by atoms with van der Waals surface area (Å²) in [6.45, 7) is 11.7. The predicted octanol–water partition coefficient (Wildman–Crippen LogP) is 0.348. The van der Waals surface area contributed by atoms with Crippen LogP contribution >= 0.6 is 0 Å². The van der Waals surface area contributed by atoms with Gasteiger partial charge in [-0.2, -0.15) is 0 Å². The summed E-state index contributed by atoms with van der Waals surface area (Å²) in [5.74, 6) is -4.94. The zero-order valence-electron chi connectivity index (χ0n) is 28.9. The van der Waals surface area contributed by atoms with Gasteiger partial charge in [0.15, 0.2) is 0 Å². The number of carbonyl (C=O) groups is 6. The van der Waals surface area contributed by atoms with Crippen LogP contribution in [0.25, 0.3) is 0 Å². The van der Waals surface area contributed by atoms with Gasteiger partial charge in [0.25, 0.3) is 0 Å². The van der Waals surface area contributed by atoms with E-state index in [1.807, 2.05) is 27.7 Å². The van der Waals surface area contributed by atoms with E-state index in [1.165, 1.54) is 18.9 Å². The molecule has 0 aromatic heterocycles. The van der Waals surface area contributed by atoms with Gasteiger partial charge in [-0.1, -0.05) is 60.8 Å². The number of hydrogen-bond donors (Lipinski definition) is 6. The first-order valence-electron chi connectivity index (χ1n) is 16.6. The second kappa shape index (κ2) is 20.1. The highest BCUT2D eigenvalue weighted by molar-refractivity contribution is 5.96. The summed E-state index contributed by atoms with van der Waals surface area (Å²) < 4.78 is 5.72. The highest BCUT2D eigenvalue weighted by atomic mass is 16.5. The Bertz CT molecular complexity index is 1040. The van der Waals surface area contributed by atoms with Gasteiger partial charge in [-0.05, 0) is 44.4 Å². The van der Waals surface area contributed by atoms with Gasteiger partial charge in [0.05, 0.1) is 12.0 Å². The van der Waals surface area contributed by atoms with E-state index in [-0.39, 0.29) is 24.8 Å². The van der Waals surface area contributed by atoms with Crippen LogP contribution in [0, 0.1) is 17.8 Å². The number of hydrogen-bond acceptors (Lipinski definition) is 9. The van der Waals surface area contributed by atoms with Crippen LogP contribution in [0.5, 0.6) is 0 Å². The number of esters is 1. The number of cyclic esters (lactones) is 1. The lowest BCUT2D eigenvalue weighted by molar-refractivity contribution is -0.157. The molecule has 5 amide bonds. The maximum absolute atomic E-state index is 13.9.